The Morgan fingerprint density at radius 3 is 2.70 bits per heavy atom. The SMILES string of the molecule is COc1cccc(NC(=O)C2CC(c3ccc(C)cc3)NN2)c1. The quantitative estimate of drug-likeness (QED) is 0.812. The summed E-state index contributed by atoms with van der Waals surface area (Å²) in [4.78, 5) is 12.4. The molecule has 0 radical (unpaired) electrons. The van der Waals surface area contributed by atoms with Gasteiger partial charge in [-0.05, 0) is 31.0 Å². The molecule has 0 spiro atoms. The molecule has 1 aliphatic heterocycles. The van der Waals surface area contributed by atoms with E-state index in [1.165, 1.54) is 11.1 Å². The molecule has 5 nitrogen and oxygen atoms in total. The number of nitrogens with one attached hydrogen (secondary N) is 3. The molecule has 5 heteroatoms. The molecule has 0 saturated carbocycles. The number of carbonyl (C=O) groups is 1. The summed E-state index contributed by atoms with van der Waals surface area (Å²) in [5, 5.41) is 2.92. The van der Waals surface area contributed by atoms with Crippen molar-refractivity contribution in [1.82, 2.24) is 10.9 Å². The standard InChI is InChI=1S/C18H21N3O2/c1-12-6-8-13(9-7-12)16-11-17(21-20-16)18(22)19-14-4-3-5-15(10-14)23-2/h3-10,16-17,20-21H,11H2,1-2H3,(H,19,22). The number of hydrogen-bond donors (Lipinski definition) is 3. The number of hydrogen-bond acceptors (Lipinski definition) is 4. The van der Waals surface area contributed by atoms with Crippen molar-refractivity contribution in [2.24, 2.45) is 0 Å². The van der Waals surface area contributed by atoms with E-state index in [1.54, 1.807) is 13.2 Å². The van der Waals surface area contributed by atoms with Crippen molar-refractivity contribution < 1.29 is 9.53 Å². The van der Waals surface area contributed by atoms with E-state index in [1.807, 2.05) is 18.2 Å². The lowest BCUT2D eigenvalue weighted by Crippen LogP contribution is -2.39. The first-order valence-electron chi connectivity index (χ1n) is 7.68. The number of amides is 1. The van der Waals surface area contributed by atoms with Crippen molar-refractivity contribution in [2.45, 2.75) is 25.4 Å². The summed E-state index contributed by atoms with van der Waals surface area (Å²) in [6.07, 6.45) is 0.707. The number of hydrazine groups is 1. The van der Waals surface area contributed by atoms with Gasteiger partial charge in [0.1, 0.15) is 11.8 Å². The molecule has 0 aliphatic carbocycles. The molecule has 0 aromatic heterocycles. The van der Waals surface area contributed by atoms with Gasteiger partial charge in [-0.1, -0.05) is 35.9 Å². The van der Waals surface area contributed by atoms with Gasteiger partial charge in [-0.25, -0.2) is 10.9 Å². The zero-order valence-electron chi connectivity index (χ0n) is 13.3. The van der Waals surface area contributed by atoms with Crippen molar-refractivity contribution in [3.63, 3.8) is 0 Å². The zero-order valence-corrected chi connectivity index (χ0v) is 13.3. The molecule has 2 aromatic carbocycles. The maximum atomic E-state index is 12.4. The number of aryl methyl sites for hydroxylation is 1. The minimum absolute atomic E-state index is 0.0552. The normalized spacial score (nSPS) is 20.3. The lowest BCUT2D eigenvalue weighted by Gasteiger charge is -2.11. The Morgan fingerprint density at radius 1 is 1.17 bits per heavy atom. The summed E-state index contributed by atoms with van der Waals surface area (Å²) in [6, 6.07) is 15.6. The fourth-order valence-electron chi connectivity index (χ4n) is 2.68. The molecule has 2 unspecified atom stereocenters. The first-order valence-corrected chi connectivity index (χ1v) is 7.68. The van der Waals surface area contributed by atoms with Crippen molar-refractivity contribution >= 4 is 11.6 Å². The Labute approximate surface area is 136 Å². The third kappa shape index (κ3) is 3.70. The van der Waals surface area contributed by atoms with Gasteiger partial charge in [0.2, 0.25) is 5.91 Å². The van der Waals surface area contributed by atoms with E-state index in [4.69, 9.17) is 4.74 Å². The largest absolute Gasteiger partial charge is 0.497 e. The van der Waals surface area contributed by atoms with Crippen molar-refractivity contribution in [3.05, 3.63) is 59.7 Å². The van der Waals surface area contributed by atoms with Crippen molar-refractivity contribution in [1.29, 1.82) is 0 Å². The highest BCUT2D eigenvalue weighted by Crippen LogP contribution is 2.24. The van der Waals surface area contributed by atoms with E-state index in [0.29, 0.717) is 6.42 Å². The molecule has 120 valence electrons. The second-order valence-corrected chi connectivity index (χ2v) is 5.76. The van der Waals surface area contributed by atoms with Crippen molar-refractivity contribution in [3.8, 4) is 5.75 Å². The molecular weight excluding hydrogens is 290 g/mol. The number of benzene rings is 2. The van der Waals surface area contributed by atoms with Crippen LogP contribution in [0.5, 0.6) is 5.75 Å². The van der Waals surface area contributed by atoms with E-state index in [9.17, 15) is 4.79 Å². The summed E-state index contributed by atoms with van der Waals surface area (Å²) in [6.45, 7) is 2.06. The molecule has 1 saturated heterocycles. The Kier molecular flexibility index (Phi) is 4.60. The third-order valence-corrected chi connectivity index (χ3v) is 4.04. The fourth-order valence-corrected chi connectivity index (χ4v) is 2.68. The van der Waals surface area contributed by atoms with Crippen LogP contribution in [0, 0.1) is 6.92 Å². The van der Waals surface area contributed by atoms with Crippen LogP contribution in [0.25, 0.3) is 0 Å². The van der Waals surface area contributed by atoms with Crippen LogP contribution in [0.3, 0.4) is 0 Å². The predicted octanol–water partition coefficient (Wildman–Crippen LogP) is 2.55. The minimum Gasteiger partial charge on any atom is -0.497 e. The molecular formula is C18H21N3O2. The van der Waals surface area contributed by atoms with E-state index in [-0.39, 0.29) is 18.0 Å². The third-order valence-electron chi connectivity index (χ3n) is 4.04. The number of carbonyl (C=O) groups excluding carboxylic acids is 1. The zero-order chi connectivity index (χ0) is 16.2. The summed E-state index contributed by atoms with van der Waals surface area (Å²) >= 11 is 0. The summed E-state index contributed by atoms with van der Waals surface area (Å²) in [5.74, 6) is 0.665. The highest BCUT2D eigenvalue weighted by Gasteiger charge is 2.30. The molecule has 1 fully saturated rings. The Bertz CT molecular complexity index is 685. The van der Waals surface area contributed by atoms with Gasteiger partial charge in [-0.15, -0.1) is 0 Å². The van der Waals surface area contributed by atoms with Crippen LogP contribution in [0.1, 0.15) is 23.6 Å². The average Bonchev–Trinajstić information content (AvgIpc) is 3.06. The van der Waals surface area contributed by atoms with Crippen LogP contribution in [0.15, 0.2) is 48.5 Å². The number of rotatable bonds is 4. The monoisotopic (exact) mass is 311 g/mol. The minimum atomic E-state index is -0.271. The van der Waals surface area contributed by atoms with Gasteiger partial charge in [0.15, 0.2) is 0 Å². The Balaban J connectivity index is 1.61. The Morgan fingerprint density at radius 2 is 1.96 bits per heavy atom. The molecule has 3 N–H and O–H groups in total. The highest BCUT2D eigenvalue weighted by molar-refractivity contribution is 5.95. The van der Waals surface area contributed by atoms with Crippen LogP contribution in [-0.4, -0.2) is 19.1 Å². The lowest BCUT2D eigenvalue weighted by molar-refractivity contribution is -0.117. The molecule has 3 rings (SSSR count). The highest BCUT2D eigenvalue weighted by atomic mass is 16.5. The molecule has 0 bridgehead atoms. The van der Waals surface area contributed by atoms with Crippen LogP contribution >= 0.6 is 0 Å². The second-order valence-electron chi connectivity index (χ2n) is 5.76. The van der Waals surface area contributed by atoms with Gasteiger partial charge in [-0.2, -0.15) is 0 Å². The van der Waals surface area contributed by atoms with Gasteiger partial charge in [0, 0.05) is 17.8 Å². The summed E-state index contributed by atoms with van der Waals surface area (Å²) < 4.78 is 5.17. The van der Waals surface area contributed by atoms with E-state index in [2.05, 4.69) is 47.4 Å². The molecule has 2 atom stereocenters. The van der Waals surface area contributed by atoms with E-state index in [0.717, 1.165) is 11.4 Å². The van der Waals surface area contributed by atoms with E-state index < -0.39 is 0 Å². The first kappa shape index (κ1) is 15.5. The average molecular weight is 311 g/mol. The van der Waals surface area contributed by atoms with Crippen molar-refractivity contribution in [2.75, 3.05) is 12.4 Å². The molecule has 23 heavy (non-hydrogen) atoms. The number of ether oxygens (including phenoxy) is 1. The molecule has 2 aromatic rings. The first-order chi connectivity index (χ1) is 11.2. The molecule has 1 heterocycles. The number of methoxy groups -OCH3 is 1. The Hall–Kier alpha value is -2.37. The van der Waals surface area contributed by atoms with Gasteiger partial charge in [-0.3, -0.25) is 4.79 Å². The molecule has 1 amide bonds. The fraction of sp³-hybridized carbons (Fsp3) is 0.278. The van der Waals surface area contributed by atoms with Gasteiger partial charge >= 0.3 is 0 Å². The maximum absolute atomic E-state index is 12.4. The van der Waals surface area contributed by atoms with Crippen LogP contribution in [0.4, 0.5) is 5.69 Å². The smallest absolute Gasteiger partial charge is 0.242 e. The van der Waals surface area contributed by atoms with Gasteiger partial charge in [0.05, 0.1) is 7.11 Å². The summed E-state index contributed by atoms with van der Waals surface area (Å²) in [7, 11) is 1.61. The van der Waals surface area contributed by atoms with Crippen LogP contribution in [-0.2, 0) is 4.79 Å². The molecule has 1 aliphatic rings. The van der Waals surface area contributed by atoms with Crippen LogP contribution in [0.2, 0.25) is 0 Å². The van der Waals surface area contributed by atoms with E-state index >= 15 is 0 Å². The maximum Gasteiger partial charge on any atom is 0.242 e. The second kappa shape index (κ2) is 6.81. The lowest BCUT2D eigenvalue weighted by atomic mass is 10.0. The van der Waals surface area contributed by atoms with Gasteiger partial charge in [0.25, 0.3) is 0 Å². The van der Waals surface area contributed by atoms with Crippen LogP contribution < -0.4 is 20.9 Å². The number of anilines is 1. The topological polar surface area (TPSA) is 62.4 Å². The predicted molar refractivity (Wildman–Crippen MR) is 90.2 cm³/mol. The summed E-state index contributed by atoms with van der Waals surface area (Å²) in [5.41, 5.74) is 9.41. The van der Waals surface area contributed by atoms with Gasteiger partial charge < -0.3 is 10.1 Å².